The molecule has 0 saturated carbocycles. The van der Waals surface area contributed by atoms with Gasteiger partial charge in [-0.1, -0.05) is 23.8 Å². The molecule has 0 aliphatic carbocycles. The molecular formula is C18H22N2O4. The summed E-state index contributed by atoms with van der Waals surface area (Å²) in [6.45, 7) is 7.61. The fourth-order valence-electron chi connectivity index (χ4n) is 3.17. The Labute approximate surface area is 141 Å². The summed E-state index contributed by atoms with van der Waals surface area (Å²) in [5, 5.41) is 10.2. The summed E-state index contributed by atoms with van der Waals surface area (Å²) in [6, 6.07) is 5.59. The number of imide groups is 1. The Morgan fingerprint density at radius 1 is 1.08 bits per heavy atom. The third-order valence-corrected chi connectivity index (χ3v) is 4.54. The molecule has 1 fully saturated rings. The van der Waals surface area contributed by atoms with Gasteiger partial charge in [0.25, 0.3) is 11.8 Å². The van der Waals surface area contributed by atoms with Crippen LogP contribution in [0.15, 0.2) is 24.0 Å². The Morgan fingerprint density at radius 3 is 2.46 bits per heavy atom. The average molecular weight is 330 g/mol. The lowest BCUT2D eigenvalue weighted by molar-refractivity contribution is -0.138. The number of carbonyl (C=O) groups is 2. The first-order valence-electron chi connectivity index (χ1n) is 8.16. The van der Waals surface area contributed by atoms with E-state index in [-0.39, 0.29) is 12.1 Å². The number of hydrogen-bond donors (Lipinski definition) is 1. The molecule has 0 bridgehead atoms. The normalized spacial score (nSPS) is 19.5. The number of hydrogen-bond acceptors (Lipinski definition) is 5. The fraction of sp³-hybridized carbons (Fsp3) is 0.444. The maximum absolute atomic E-state index is 12.7. The number of aliphatic hydroxyl groups excluding tert-OH is 1. The first-order chi connectivity index (χ1) is 11.5. The highest BCUT2D eigenvalue weighted by Crippen LogP contribution is 2.30. The standard InChI is InChI=1S/C18H22N2O4/c1-12-3-4-14(13(2)11-12)15-16(21)18(23)20(17(15)22)6-5-19-7-9-24-10-8-19/h3-4,11,21H,5-10H2,1-2H3. The molecule has 2 heterocycles. The molecule has 1 N–H and O–H groups in total. The topological polar surface area (TPSA) is 70.1 Å². The summed E-state index contributed by atoms with van der Waals surface area (Å²) in [5.74, 6) is -1.48. The van der Waals surface area contributed by atoms with Gasteiger partial charge in [0.2, 0.25) is 0 Å². The van der Waals surface area contributed by atoms with Crippen molar-refractivity contribution in [3.8, 4) is 0 Å². The van der Waals surface area contributed by atoms with Crippen molar-refractivity contribution in [3.05, 3.63) is 40.6 Å². The third-order valence-electron chi connectivity index (χ3n) is 4.54. The van der Waals surface area contributed by atoms with Crippen molar-refractivity contribution in [2.24, 2.45) is 0 Å². The van der Waals surface area contributed by atoms with E-state index in [1.807, 2.05) is 26.0 Å². The molecule has 6 nitrogen and oxygen atoms in total. The van der Waals surface area contributed by atoms with Gasteiger partial charge in [-0.15, -0.1) is 0 Å². The Bertz CT molecular complexity index is 705. The first-order valence-corrected chi connectivity index (χ1v) is 8.16. The largest absolute Gasteiger partial charge is 0.502 e. The second-order valence-corrected chi connectivity index (χ2v) is 6.26. The third kappa shape index (κ3) is 3.07. The van der Waals surface area contributed by atoms with Crippen LogP contribution in [0.1, 0.15) is 16.7 Å². The Hall–Kier alpha value is -2.18. The zero-order valence-electron chi connectivity index (χ0n) is 14.0. The van der Waals surface area contributed by atoms with Crippen molar-refractivity contribution in [2.75, 3.05) is 39.4 Å². The van der Waals surface area contributed by atoms with Crippen LogP contribution in [-0.4, -0.2) is 66.1 Å². The molecule has 0 aromatic heterocycles. The second-order valence-electron chi connectivity index (χ2n) is 6.26. The van der Waals surface area contributed by atoms with E-state index in [9.17, 15) is 14.7 Å². The summed E-state index contributed by atoms with van der Waals surface area (Å²) < 4.78 is 5.29. The van der Waals surface area contributed by atoms with E-state index >= 15 is 0 Å². The van der Waals surface area contributed by atoms with Crippen LogP contribution in [0.3, 0.4) is 0 Å². The summed E-state index contributed by atoms with van der Waals surface area (Å²) >= 11 is 0. The van der Waals surface area contributed by atoms with Gasteiger partial charge in [0.1, 0.15) is 0 Å². The van der Waals surface area contributed by atoms with Gasteiger partial charge in [-0.2, -0.15) is 0 Å². The van der Waals surface area contributed by atoms with Crippen LogP contribution in [0.2, 0.25) is 0 Å². The van der Waals surface area contributed by atoms with Crippen molar-refractivity contribution >= 4 is 17.4 Å². The van der Waals surface area contributed by atoms with Crippen LogP contribution in [0, 0.1) is 13.8 Å². The highest BCUT2D eigenvalue weighted by molar-refractivity contribution is 6.35. The first kappa shape index (κ1) is 16.7. The molecule has 0 spiro atoms. The molecule has 0 unspecified atom stereocenters. The van der Waals surface area contributed by atoms with Crippen LogP contribution in [-0.2, 0) is 14.3 Å². The molecule has 2 amide bonds. The molecule has 3 rings (SSSR count). The molecule has 6 heteroatoms. The SMILES string of the molecule is Cc1ccc(C2=C(O)C(=O)N(CCN3CCOCC3)C2=O)c(C)c1. The van der Waals surface area contributed by atoms with Gasteiger partial charge < -0.3 is 9.84 Å². The van der Waals surface area contributed by atoms with Crippen LogP contribution in [0.4, 0.5) is 0 Å². The zero-order valence-corrected chi connectivity index (χ0v) is 14.0. The van der Waals surface area contributed by atoms with Crippen molar-refractivity contribution in [1.82, 2.24) is 9.80 Å². The summed E-state index contributed by atoms with van der Waals surface area (Å²) in [6.07, 6.45) is 0. The number of carbonyl (C=O) groups excluding carboxylic acids is 2. The molecular weight excluding hydrogens is 308 g/mol. The summed E-state index contributed by atoms with van der Waals surface area (Å²) in [7, 11) is 0. The molecule has 0 atom stereocenters. The minimum atomic E-state index is -0.608. The molecule has 1 aromatic carbocycles. The molecule has 2 aliphatic rings. The van der Waals surface area contributed by atoms with Gasteiger partial charge in [-0.25, -0.2) is 0 Å². The lowest BCUT2D eigenvalue weighted by Crippen LogP contribution is -2.43. The number of benzene rings is 1. The molecule has 24 heavy (non-hydrogen) atoms. The zero-order chi connectivity index (χ0) is 17.3. The monoisotopic (exact) mass is 330 g/mol. The maximum atomic E-state index is 12.7. The molecule has 1 saturated heterocycles. The number of rotatable bonds is 4. The van der Waals surface area contributed by atoms with Gasteiger partial charge in [0.15, 0.2) is 5.76 Å². The summed E-state index contributed by atoms with van der Waals surface area (Å²) in [4.78, 5) is 28.3. The Balaban J connectivity index is 1.77. The highest BCUT2D eigenvalue weighted by Gasteiger charge is 2.39. The van der Waals surface area contributed by atoms with Gasteiger partial charge in [0, 0.05) is 26.2 Å². The predicted octanol–water partition coefficient (Wildman–Crippen LogP) is 1.27. The number of ether oxygens (including phenoxy) is 1. The number of aliphatic hydroxyl groups is 1. The van der Waals surface area contributed by atoms with E-state index in [0.29, 0.717) is 25.3 Å². The molecule has 128 valence electrons. The van der Waals surface area contributed by atoms with Gasteiger partial charge in [-0.05, 0) is 25.0 Å². The molecule has 1 aromatic rings. The van der Waals surface area contributed by atoms with Crippen LogP contribution >= 0.6 is 0 Å². The highest BCUT2D eigenvalue weighted by atomic mass is 16.5. The number of nitrogens with zero attached hydrogens (tertiary/aromatic N) is 2. The van der Waals surface area contributed by atoms with E-state index in [2.05, 4.69) is 4.90 Å². The average Bonchev–Trinajstić information content (AvgIpc) is 2.77. The van der Waals surface area contributed by atoms with Crippen molar-refractivity contribution in [1.29, 1.82) is 0 Å². The summed E-state index contributed by atoms with van der Waals surface area (Å²) in [5.41, 5.74) is 2.66. The smallest absolute Gasteiger partial charge is 0.296 e. The van der Waals surface area contributed by atoms with E-state index in [0.717, 1.165) is 29.1 Å². The molecule has 2 aliphatic heterocycles. The van der Waals surface area contributed by atoms with E-state index in [1.54, 1.807) is 6.07 Å². The number of amides is 2. The van der Waals surface area contributed by atoms with E-state index < -0.39 is 17.6 Å². The minimum Gasteiger partial charge on any atom is -0.502 e. The fourth-order valence-corrected chi connectivity index (χ4v) is 3.17. The second kappa shape index (κ2) is 6.75. The van der Waals surface area contributed by atoms with Crippen LogP contribution < -0.4 is 0 Å². The lowest BCUT2D eigenvalue weighted by Gasteiger charge is -2.28. The Kier molecular flexibility index (Phi) is 4.69. The quantitative estimate of drug-likeness (QED) is 0.842. The van der Waals surface area contributed by atoms with Crippen molar-refractivity contribution < 1.29 is 19.4 Å². The number of morpholine rings is 1. The number of aryl methyl sites for hydroxylation is 2. The van der Waals surface area contributed by atoms with E-state index in [4.69, 9.17) is 4.74 Å². The predicted molar refractivity (Wildman–Crippen MR) is 89.4 cm³/mol. The van der Waals surface area contributed by atoms with Gasteiger partial charge in [0.05, 0.1) is 18.8 Å². The van der Waals surface area contributed by atoms with Crippen LogP contribution in [0.5, 0.6) is 0 Å². The molecule has 0 radical (unpaired) electrons. The lowest BCUT2D eigenvalue weighted by atomic mass is 9.98. The van der Waals surface area contributed by atoms with Crippen LogP contribution in [0.25, 0.3) is 5.57 Å². The van der Waals surface area contributed by atoms with Crippen molar-refractivity contribution in [3.63, 3.8) is 0 Å². The Morgan fingerprint density at radius 2 is 1.79 bits per heavy atom. The van der Waals surface area contributed by atoms with Crippen molar-refractivity contribution in [2.45, 2.75) is 13.8 Å². The van der Waals surface area contributed by atoms with E-state index in [1.165, 1.54) is 0 Å². The van der Waals surface area contributed by atoms with Gasteiger partial charge >= 0.3 is 0 Å². The van der Waals surface area contributed by atoms with Gasteiger partial charge in [-0.3, -0.25) is 19.4 Å². The maximum Gasteiger partial charge on any atom is 0.296 e. The minimum absolute atomic E-state index is 0.111.